The number of amides is 2. The maximum absolute atomic E-state index is 13.4. The molecule has 10 heteroatoms. The van der Waals surface area contributed by atoms with Gasteiger partial charge in [0, 0.05) is 29.2 Å². The van der Waals surface area contributed by atoms with E-state index in [1.165, 1.54) is 23.5 Å². The van der Waals surface area contributed by atoms with Gasteiger partial charge in [0.1, 0.15) is 6.04 Å². The molecule has 34 heavy (non-hydrogen) atoms. The molecule has 2 amide bonds. The Kier molecular flexibility index (Phi) is 6.56. The minimum atomic E-state index is -3.96. The number of rotatable bonds is 7. The second-order valence-electron chi connectivity index (χ2n) is 8.01. The van der Waals surface area contributed by atoms with Gasteiger partial charge in [0.25, 0.3) is 5.91 Å². The van der Waals surface area contributed by atoms with Crippen molar-refractivity contribution in [3.05, 3.63) is 81.7 Å². The van der Waals surface area contributed by atoms with Crippen molar-refractivity contribution in [1.29, 1.82) is 0 Å². The van der Waals surface area contributed by atoms with Crippen molar-refractivity contribution >= 4 is 49.8 Å². The van der Waals surface area contributed by atoms with Crippen LogP contribution in [0.15, 0.2) is 65.0 Å². The summed E-state index contributed by atoms with van der Waals surface area (Å²) in [6.45, 7) is 3.51. The molecule has 0 bridgehead atoms. The first kappa shape index (κ1) is 23.7. The van der Waals surface area contributed by atoms with Crippen LogP contribution < -0.4 is 15.8 Å². The van der Waals surface area contributed by atoms with Crippen LogP contribution in [0, 0.1) is 13.8 Å². The highest BCUT2D eigenvalue weighted by molar-refractivity contribution is 7.89. The molecule has 0 saturated carbocycles. The van der Waals surface area contributed by atoms with Crippen LogP contribution in [-0.2, 0) is 21.2 Å². The van der Waals surface area contributed by atoms with Crippen LogP contribution in [0.4, 0.5) is 5.69 Å². The quantitative estimate of drug-likeness (QED) is 0.312. The molecule has 0 unspecified atom stereocenters. The van der Waals surface area contributed by atoms with Gasteiger partial charge in [-0.3, -0.25) is 9.59 Å². The number of anilines is 1. The molecule has 176 valence electrons. The predicted molar refractivity (Wildman–Crippen MR) is 133 cm³/mol. The summed E-state index contributed by atoms with van der Waals surface area (Å²) in [5, 5.41) is 13.7. The molecule has 4 rings (SSSR count). The number of nitrogens with two attached hydrogens (primary N) is 1. The van der Waals surface area contributed by atoms with Crippen molar-refractivity contribution in [1.82, 2.24) is 10.3 Å². The summed E-state index contributed by atoms with van der Waals surface area (Å²) in [5.41, 5.74) is 3.49. The number of sulfonamides is 1. The van der Waals surface area contributed by atoms with Crippen molar-refractivity contribution in [2.24, 2.45) is 5.14 Å². The fourth-order valence-electron chi connectivity index (χ4n) is 3.71. The molecule has 0 spiro atoms. The lowest BCUT2D eigenvalue weighted by molar-refractivity contribution is -0.118. The summed E-state index contributed by atoms with van der Waals surface area (Å²) in [6.07, 6.45) is 2.05. The van der Waals surface area contributed by atoms with Gasteiger partial charge in [-0.15, -0.1) is 11.3 Å². The molecule has 4 aromatic rings. The fraction of sp³-hybridized carbons (Fsp3) is 0.167. The third-order valence-corrected chi connectivity index (χ3v) is 7.45. The zero-order valence-electron chi connectivity index (χ0n) is 18.6. The number of fused-ring (bicyclic) bond motifs is 1. The van der Waals surface area contributed by atoms with E-state index in [0.29, 0.717) is 21.7 Å². The number of nitrogens with one attached hydrogen (secondary N) is 3. The highest BCUT2D eigenvalue weighted by Crippen LogP contribution is 2.25. The zero-order chi connectivity index (χ0) is 24.5. The number of primary sulfonamides is 1. The summed E-state index contributed by atoms with van der Waals surface area (Å²) in [7, 11) is -3.96. The first-order chi connectivity index (χ1) is 16.1. The maximum atomic E-state index is 13.4. The van der Waals surface area contributed by atoms with Crippen molar-refractivity contribution < 1.29 is 18.0 Å². The topological polar surface area (TPSA) is 134 Å². The van der Waals surface area contributed by atoms with Gasteiger partial charge in [0.05, 0.1) is 9.77 Å². The first-order valence-corrected chi connectivity index (χ1v) is 12.9. The molecule has 0 aliphatic heterocycles. The van der Waals surface area contributed by atoms with Crippen molar-refractivity contribution in [2.45, 2.75) is 31.2 Å². The number of hydrogen-bond donors (Lipinski definition) is 4. The fourth-order valence-corrected chi connectivity index (χ4v) is 4.96. The van der Waals surface area contributed by atoms with E-state index in [9.17, 15) is 18.0 Å². The van der Waals surface area contributed by atoms with Crippen LogP contribution in [0.3, 0.4) is 0 Å². The summed E-state index contributed by atoms with van der Waals surface area (Å²) < 4.78 is 23.8. The molecule has 1 atom stereocenters. The van der Waals surface area contributed by atoms with Gasteiger partial charge in [-0.1, -0.05) is 24.3 Å². The number of benzene rings is 2. The van der Waals surface area contributed by atoms with Crippen molar-refractivity contribution in [3.63, 3.8) is 0 Å². The van der Waals surface area contributed by atoms with Gasteiger partial charge in [-0.2, -0.15) is 0 Å². The third-order valence-electron chi connectivity index (χ3n) is 5.69. The summed E-state index contributed by atoms with van der Waals surface area (Å²) >= 11 is 1.28. The molecule has 0 radical (unpaired) electrons. The Hall–Kier alpha value is -3.47. The molecule has 0 saturated heterocycles. The number of carbonyl (C=O) groups is 2. The Morgan fingerprint density at radius 2 is 1.88 bits per heavy atom. The lowest BCUT2D eigenvalue weighted by Crippen LogP contribution is -2.45. The lowest BCUT2D eigenvalue weighted by Gasteiger charge is -2.20. The maximum Gasteiger partial charge on any atom is 0.262 e. The van der Waals surface area contributed by atoms with E-state index in [-0.39, 0.29) is 17.2 Å². The smallest absolute Gasteiger partial charge is 0.262 e. The molecular formula is C24H24N4O4S2. The minimum Gasteiger partial charge on any atom is -0.361 e. The average Bonchev–Trinajstić information content (AvgIpc) is 3.46. The largest absolute Gasteiger partial charge is 0.361 e. The number of aromatic amines is 1. The zero-order valence-corrected chi connectivity index (χ0v) is 20.2. The van der Waals surface area contributed by atoms with Crippen LogP contribution in [-0.4, -0.2) is 31.3 Å². The standard InChI is InChI=1S/C24H24N4O4S2/c1-14-10-17(34(25,31)32)12-20(15(14)2)27-23(29)21(28-24(30)22-8-5-9-33-22)11-16-13-26-19-7-4-3-6-18(16)19/h3-10,12-13,21,26H,11H2,1-2H3,(H,27,29)(H,28,30)(H2,25,31,32)/t21-/m0/s1. The first-order valence-electron chi connectivity index (χ1n) is 10.5. The Morgan fingerprint density at radius 1 is 1.12 bits per heavy atom. The van der Waals surface area contributed by atoms with Gasteiger partial charge in [0.15, 0.2) is 0 Å². The monoisotopic (exact) mass is 496 g/mol. The summed E-state index contributed by atoms with van der Waals surface area (Å²) in [5.74, 6) is -0.828. The van der Waals surface area contributed by atoms with E-state index < -0.39 is 22.0 Å². The Balaban J connectivity index is 1.66. The predicted octanol–water partition coefficient (Wildman–Crippen LogP) is 3.47. The normalized spacial score (nSPS) is 12.4. The molecule has 0 aliphatic rings. The van der Waals surface area contributed by atoms with E-state index >= 15 is 0 Å². The average molecular weight is 497 g/mol. The second-order valence-corrected chi connectivity index (χ2v) is 10.5. The number of hydrogen-bond acceptors (Lipinski definition) is 5. The number of para-hydroxylation sites is 1. The lowest BCUT2D eigenvalue weighted by atomic mass is 10.0. The molecule has 0 aliphatic carbocycles. The third kappa shape index (κ3) is 5.04. The molecule has 0 fully saturated rings. The van der Waals surface area contributed by atoms with E-state index in [2.05, 4.69) is 15.6 Å². The summed E-state index contributed by atoms with van der Waals surface area (Å²) in [4.78, 5) is 29.7. The Morgan fingerprint density at radius 3 is 2.59 bits per heavy atom. The molecular weight excluding hydrogens is 472 g/mol. The van der Waals surface area contributed by atoms with Crippen LogP contribution in [0.2, 0.25) is 0 Å². The number of carbonyl (C=O) groups excluding carboxylic acids is 2. The van der Waals surface area contributed by atoms with E-state index in [4.69, 9.17) is 5.14 Å². The van der Waals surface area contributed by atoms with Gasteiger partial charge in [-0.25, -0.2) is 13.6 Å². The van der Waals surface area contributed by atoms with Gasteiger partial charge in [0.2, 0.25) is 15.9 Å². The SMILES string of the molecule is Cc1cc(S(N)(=O)=O)cc(NC(=O)[C@H](Cc2c[nH]c3ccccc23)NC(=O)c2cccs2)c1C. The Labute approximate surface area is 201 Å². The van der Waals surface area contributed by atoms with Gasteiger partial charge in [-0.05, 0) is 60.2 Å². The second kappa shape index (κ2) is 9.41. The molecule has 2 aromatic carbocycles. The Bertz CT molecular complexity index is 1470. The van der Waals surface area contributed by atoms with Crippen LogP contribution in [0.1, 0.15) is 26.4 Å². The number of H-pyrrole nitrogens is 1. The number of thiophene rings is 1. The molecule has 8 nitrogen and oxygen atoms in total. The highest BCUT2D eigenvalue weighted by Gasteiger charge is 2.25. The van der Waals surface area contributed by atoms with Gasteiger partial charge < -0.3 is 15.6 Å². The van der Waals surface area contributed by atoms with Crippen LogP contribution in [0.25, 0.3) is 10.9 Å². The summed E-state index contributed by atoms with van der Waals surface area (Å²) in [6, 6.07) is 13.0. The number of aromatic nitrogens is 1. The molecule has 2 aromatic heterocycles. The van der Waals surface area contributed by atoms with Crippen LogP contribution >= 0.6 is 11.3 Å². The minimum absolute atomic E-state index is 0.0956. The van der Waals surface area contributed by atoms with E-state index in [1.54, 1.807) is 31.4 Å². The van der Waals surface area contributed by atoms with E-state index in [0.717, 1.165) is 16.5 Å². The van der Waals surface area contributed by atoms with Crippen molar-refractivity contribution in [3.8, 4) is 0 Å². The van der Waals surface area contributed by atoms with Gasteiger partial charge >= 0.3 is 0 Å². The highest BCUT2D eigenvalue weighted by atomic mass is 32.2. The van der Waals surface area contributed by atoms with Crippen molar-refractivity contribution in [2.75, 3.05) is 5.32 Å². The molecule has 5 N–H and O–H groups in total. The van der Waals surface area contributed by atoms with E-state index in [1.807, 2.05) is 30.5 Å². The molecule has 2 heterocycles. The van der Waals surface area contributed by atoms with Crippen LogP contribution in [0.5, 0.6) is 0 Å². The number of aryl methyl sites for hydroxylation is 1.